The quantitative estimate of drug-likeness (QED) is 0.266. The number of hydrogen-bond donors (Lipinski definition) is 2. The van der Waals surface area contributed by atoms with Crippen LogP contribution >= 0.6 is 11.6 Å². The molecule has 2 aromatic carbocycles. The van der Waals surface area contributed by atoms with Crippen LogP contribution in [0.15, 0.2) is 12.1 Å². The van der Waals surface area contributed by atoms with Gasteiger partial charge < -0.3 is 20.5 Å². The standard InChI is InChI=1S/C21H21ClF5N3O3/c1-2-32-15-6-14(28)13(22)5-11(15)21(31)29-7-10-8-30(3-4-33-10)9-12-16(23)18(25)20(27)19(26)17(12)24/h5-6,10H,2-4,7-9,28H2,1H3,(H,29,31). The van der Waals surface area contributed by atoms with E-state index in [1.165, 1.54) is 17.0 Å². The third kappa shape index (κ3) is 5.48. The van der Waals surface area contributed by atoms with Crippen molar-refractivity contribution in [3.63, 3.8) is 0 Å². The molecule has 0 saturated carbocycles. The lowest BCUT2D eigenvalue weighted by Gasteiger charge is -2.33. The van der Waals surface area contributed by atoms with Crippen LogP contribution in [-0.2, 0) is 11.3 Å². The van der Waals surface area contributed by atoms with E-state index in [0.717, 1.165) is 0 Å². The topological polar surface area (TPSA) is 76.8 Å². The number of carbonyl (C=O) groups is 1. The van der Waals surface area contributed by atoms with Crippen LogP contribution in [0, 0.1) is 29.1 Å². The number of anilines is 1. The van der Waals surface area contributed by atoms with Crippen LogP contribution in [0.5, 0.6) is 5.75 Å². The summed E-state index contributed by atoms with van der Waals surface area (Å²) in [6.45, 7) is 1.95. The van der Waals surface area contributed by atoms with Crippen molar-refractivity contribution in [1.29, 1.82) is 0 Å². The van der Waals surface area contributed by atoms with Gasteiger partial charge in [-0.2, -0.15) is 0 Å². The van der Waals surface area contributed by atoms with Crippen molar-refractivity contribution in [3.8, 4) is 5.75 Å². The molecule has 1 unspecified atom stereocenters. The summed E-state index contributed by atoms with van der Waals surface area (Å²) in [5.41, 5.74) is 5.23. The van der Waals surface area contributed by atoms with Crippen LogP contribution in [0.1, 0.15) is 22.8 Å². The fraction of sp³-hybridized carbons (Fsp3) is 0.381. The van der Waals surface area contributed by atoms with Gasteiger partial charge in [0.1, 0.15) is 5.75 Å². The summed E-state index contributed by atoms with van der Waals surface area (Å²) in [5.74, 6) is -10.2. The van der Waals surface area contributed by atoms with Crippen LogP contribution in [0.25, 0.3) is 0 Å². The fourth-order valence-corrected chi connectivity index (χ4v) is 3.55. The molecule has 1 aliphatic heterocycles. The first-order chi connectivity index (χ1) is 15.6. The lowest BCUT2D eigenvalue weighted by Crippen LogP contribution is -2.47. The molecule has 0 radical (unpaired) electrons. The Morgan fingerprint density at radius 2 is 1.82 bits per heavy atom. The van der Waals surface area contributed by atoms with Gasteiger partial charge in [0, 0.05) is 37.8 Å². The number of nitrogens with zero attached hydrogens (tertiary/aromatic N) is 1. The zero-order chi connectivity index (χ0) is 24.3. The minimum atomic E-state index is -2.20. The number of amides is 1. The van der Waals surface area contributed by atoms with E-state index < -0.39 is 53.2 Å². The van der Waals surface area contributed by atoms with Gasteiger partial charge in [0.2, 0.25) is 5.82 Å². The Hall–Kier alpha value is -2.63. The molecule has 1 aliphatic rings. The molecule has 33 heavy (non-hydrogen) atoms. The molecule has 1 saturated heterocycles. The van der Waals surface area contributed by atoms with Crippen LogP contribution in [-0.4, -0.2) is 49.8 Å². The summed E-state index contributed by atoms with van der Waals surface area (Å²) in [7, 11) is 0. The van der Waals surface area contributed by atoms with Crippen LogP contribution in [0.2, 0.25) is 5.02 Å². The van der Waals surface area contributed by atoms with E-state index in [4.69, 9.17) is 26.8 Å². The highest BCUT2D eigenvalue weighted by Crippen LogP contribution is 2.29. The summed E-state index contributed by atoms with van der Waals surface area (Å²) in [4.78, 5) is 14.1. The summed E-state index contributed by atoms with van der Waals surface area (Å²) in [5, 5.41) is 2.83. The van der Waals surface area contributed by atoms with Crippen LogP contribution in [0.3, 0.4) is 0 Å². The normalized spacial score (nSPS) is 16.6. The molecule has 1 heterocycles. The Balaban J connectivity index is 1.66. The Labute approximate surface area is 191 Å². The minimum Gasteiger partial charge on any atom is -0.493 e. The van der Waals surface area contributed by atoms with Gasteiger partial charge in [0.25, 0.3) is 5.91 Å². The maximum absolute atomic E-state index is 14.0. The molecule has 0 aliphatic carbocycles. The fourth-order valence-electron chi connectivity index (χ4n) is 3.38. The van der Waals surface area contributed by atoms with Crippen molar-refractivity contribution >= 4 is 23.2 Å². The zero-order valence-corrected chi connectivity index (χ0v) is 18.2. The molecule has 12 heteroatoms. The molecule has 3 N–H and O–H groups in total. The highest BCUT2D eigenvalue weighted by molar-refractivity contribution is 6.33. The maximum atomic E-state index is 14.0. The van der Waals surface area contributed by atoms with Gasteiger partial charge in [-0.05, 0) is 13.0 Å². The Kier molecular flexibility index (Phi) is 7.98. The number of halogens is 6. The summed E-state index contributed by atoms with van der Waals surface area (Å²) in [6, 6.07) is 2.80. The molecule has 0 aromatic heterocycles. The smallest absolute Gasteiger partial charge is 0.255 e. The molecule has 180 valence electrons. The number of rotatable bonds is 7. The lowest BCUT2D eigenvalue weighted by atomic mass is 10.1. The molecule has 1 atom stereocenters. The molecular formula is C21H21ClF5N3O3. The zero-order valence-electron chi connectivity index (χ0n) is 17.5. The molecule has 3 rings (SSSR count). The van der Waals surface area contributed by atoms with Crippen molar-refractivity contribution in [2.45, 2.75) is 19.6 Å². The van der Waals surface area contributed by atoms with Crippen molar-refractivity contribution < 1.29 is 36.2 Å². The first-order valence-electron chi connectivity index (χ1n) is 9.98. The van der Waals surface area contributed by atoms with Gasteiger partial charge in [-0.1, -0.05) is 11.6 Å². The molecule has 2 aromatic rings. The molecule has 1 amide bonds. The lowest BCUT2D eigenvalue weighted by molar-refractivity contribution is -0.0299. The maximum Gasteiger partial charge on any atom is 0.255 e. The molecule has 0 bridgehead atoms. The second-order valence-electron chi connectivity index (χ2n) is 7.29. The second kappa shape index (κ2) is 10.5. The van der Waals surface area contributed by atoms with Crippen LogP contribution in [0.4, 0.5) is 27.6 Å². The van der Waals surface area contributed by atoms with E-state index >= 15 is 0 Å². The number of morpholine rings is 1. The highest BCUT2D eigenvalue weighted by atomic mass is 35.5. The summed E-state index contributed by atoms with van der Waals surface area (Å²) >= 11 is 6.00. The number of nitrogens with one attached hydrogen (secondary N) is 1. The number of benzene rings is 2. The van der Waals surface area contributed by atoms with Gasteiger partial charge in [-0.15, -0.1) is 0 Å². The Morgan fingerprint density at radius 1 is 1.18 bits per heavy atom. The predicted molar refractivity (Wildman–Crippen MR) is 111 cm³/mol. The number of hydrogen-bond acceptors (Lipinski definition) is 5. The molecule has 6 nitrogen and oxygen atoms in total. The van der Waals surface area contributed by atoms with Crippen molar-refractivity contribution in [2.75, 3.05) is 38.6 Å². The van der Waals surface area contributed by atoms with Gasteiger partial charge in [-0.25, -0.2) is 22.0 Å². The minimum absolute atomic E-state index is 0.0139. The summed E-state index contributed by atoms with van der Waals surface area (Å²) in [6.07, 6.45) is -0.594. The number of nitrogen functional groups attached to an aromatic ring is 1. The van der Waals surface area contributed by atoms with Crippen molar-refractivity contribution in [1.82, 2.24) is 10.2 Å². The van der Waals surface area contributed by atoms with E-state index in [2.05, 4.69) is 5.32 Å². The first kappa shape index (κ1) is 25.0. The molecular weight excluding hydrogens is 473 g/mol. The number of nitrogens with two attached hydrogens (primary N) is 1. The summed E-state index contributed by atoms with van der Waals surface area (Å²) < 4.78 is 79.1. The van der Waals surface area contributed by atoms with Gasteiger partial charge in [-0.3, -0.25) is 9.69 Å². The van der Waals surface area contributed by atoms with E-state index in [1.807, 2.05) is 0 Å². The SMILES string of the molecule is CCOc1cc(N)c(Cl)cc1C(=O)NCC1CN(Cc2c(F)c(F)c(F)c(F)c2F)CCO1. The van der Waals surface area contributed by atoms with Gasteiger partial charge in [0.05, 0.1) is 35.6 Å². The van der Waals surface area contributed by atoms with Crippen molar-refractivity contribution in [3.05, 3.63) is 57.4 Å². The first-order valence-corrected chi connectivity index (χ1v) is 10.4. The molecule has 0 spiro atoms. The van der Waals surface area contributed by atoms with Crippen molar-refractivity contribution in [2.24, 2.45) is 0 Å². The van der Waals surface area contributed by atoms with Gasteiger partial charge >= 0.3 is 0 Å². The number of ether oxygens (including phenoxy) is 2. The number of carbonyl (C=O) groups excluding carboxylic acids is 1. The van der Waals surface area contributed by atoms with E-state index in [-0.39, 0.29) is 48.3 Å². The van der Waals surface area contributed by atoms with Crippen LogP contribution < -0.4 is 15.8 Å². The third-order valence-corrected chi connectivity index (χ3v) is 5.37. The van der Waals surface area contributed by atoms with Gasteiger partial charge in [0.15, 0.2) is 23.3 Å². The Morgan fingerprint density at radius 3 is 2.45 bits per heavy atom. The van der Waals surface area contributed by atoms with E-state index in [1.54, 1.807) is 6.92 Å². The highest BCUT2D eigenvalue weighted by Gasteiger charge is 2.29. The predicted octanol–water partition coefficient (Wildman–Crippen LogP) is 3.65. The average Bonchev–Trinajstić information content (AvgIpc) is 2.80. The largest absolute Gasteiger partial charge is 0.493 e. The molecule has 1 fully saturated rings. The van der Waals surface area contributed by atoms with E-state index in [0.29, 0.717) is 6.61 Å². The average molecular weight is 494 g/mol. The Bertz CT molecular complexity index is 1030. The third-order valence-electron chi connectivity index (χ3n) is 5.04. The van der Waals surface area contributed by atoms with E-state index in [9.17, 15) is 26.7 Å². The second-order valence-corrected chi connectivity index (χ2v) is 7.70. The monoisotopic (exact) mass is 493 g/mol.